The van der Waals surface area contributed by atoms with Crippen molar-refractivity contribution >= 4 is 38.2 Å². The van der Waals surface area contributed by atoms with Gasteiger partial charge in [0.25, 0.3) is 11.8 Å². The van der Waals surface area contributed by atoms with E-state index in [4.69, 9.17) is 0 Å². The molecule has 3 rings (SSSR count). The molecule has 1 saturated heterocycles. The van der Waals surface area contributed by atoms with Gasteiger partial charge < -0.3 is 10.2 Å². The fraction of sp³-hybridized carbons (Fsp3) is 0.368. The van der Waals surface area contributed by atoms with E-state index in [1.165, 1.54) is 18.2 Å². The van der Waals surface area contributed by atoms with Gasteiger partial charge in [-0.05, 0) is 49.6 Å². The second kappa shape index (κ2) is 8.60. The number of sulfonamides is 1. The molecule has 10 heteroatoms. The van der Waals surface area contributed by atoms with Crippen molar-refractivity contribution in [2.45, 2.75) is 25.8 Å². The van der Waals surface area contributed by atoms with Gasteiger partial charge in [0.2, 0.25) is 10.0 Å². The number of aryl methyl sites for hydroxylation is 1. The molecule has 0 radical (unpaired) electrons. The Morgan fingerprint density at radius 2 is 2.03 bits per heavy atom. The number of nitrogens with one attached hydrogen (secondary N) is 2. The third-order valence-electron chi connectivity index (χ3n) is 4.52. The zero-order chi connectivity index (χ0) is 21.2. The number of thiophene rings is 1. The van der Waals surface area contributed by atoms with Crippen LogP contribution < -0.4 is 10.0 Å². The molecule has 2 amide bonds. The first kappa shape index (κ1) is 21.4. The summed E-state index contributed by atoms with van der Waals surface area (Å²) < 4.78 is 38.8. The van der Waals surface area contributed by atoms with Gasteiger partial charge in [0.05, 0.1) is 16.1 Å². The van der Waals surface area contributed by atoms with Gasteiger partial charge in [0.15, 0.2) is 0 Å². The Bertz CT molecular complexity index is 1040. The van der Waals surface area contributed by atoms with E-state index in [1.54, 1.807) is 17.9 Å². The normalized spacial score (nSPS) is 17.2. The monoisotopic (exact) mass is 439 g/mol. The molecule has 2 N–H and O–H groups in total. The first-order valence-corrected chi connectivity index (χ1v) is 11.8. The molecule has 0 bridgehead atoms. The average molecular weight is 440 g/mol. The van der Waals surface area contributed by atoms with Crippen LogP contribution in [-0.4, -0.2) is 50.5 Å². The highest BCUT2D eigenvalue weighted by Gasteiger charge is 2.28. The van der Waals surface area contributed by atoms with Gasteiger partial charge in [-0.2, -0.15) is 0 Å². The highest BCUT2D eigenvalue weighted by molar-refractivity contribution is 7.88. The molecule has 1 atom stereocenters. The summed E-state index contributed by atoms with van der Waals surface area (Å²) in [5.74, 6) is -1.16. The van der Waals surface area contributed by atoms with E-state index < -0.39 is 21.7 Å². The van der Waals surface area contributed by atoms with E-state index in [0.717, 1.165) is 23.7 Å². The fourth-order valence-electron chi connectivity index (χ4n) is 3.27. The molecular weight excluding hydrogens is 417 g/mol. The molecule has 0 unspecified atom stereocenters. The number of amides is 2. The van der Waals surface area contributed by atoms with Crippen LogP contribution in [0.2, 0.25) is 0 Å². The zero-order valence-electron chi connectivity index (χ0n) is 16.1. The number of carbonyl (C=O) groups excluding carboxylic acids is 2. The molecule has 1 aliphatic rings. The number of hydrogen-bond donors (Lipinski definition) is 2. The van der Waals surface area contributed by atoms with Crippen molar-refractivity contribution in [3.05, 3.63) is 52.2 Å². The first-order chi connectivity index (χ1) is 13.6. The Morgan fingerprint density at radius 1 is 1.28 bits per heavy atom. The van der Waals surface area contributed by atoms with Gasteiger partial charge in [0.1, 0.15) is 5.82 Å². The van der Waals surface area contributed by atoms with Crippen LogP contribution in [0, 0.1) is 12.7 Å². The van der Waals surface area contributed by atoms with Gasteiger partial charge in [-0.3, -0.25) is 9.59 Å². The van der Waals surface area contributed by atoms with Crippen molar-refractivity contribution in [3.63, 3.8) is 0 Å². The van der Waals surface area contributed by atoms with Crippen LogP contribution in [0.15, 0.2) is 30.3 Å². The van der Waals surface area contributed by atoms with E-state index >= 15 is 0 Å². The fourth-order valence-corrected chi connectivity index (χ4v) is 5.11. The smallest absolute Gasteiger partial charge is 0.264 e. The SMILES string of the molecule is Cc1cc(NC(=O)c2cccc(F)c2)sc1C(=O)N1CCC[C@@H](NS(C)(=O)=O)C1. The van der Waals surface area contributed by atoms with Crippen molar-refractivity contribution in [1.82, 2.24) is 9.62 Å². The van der Waals surface area contributed by atoms with Crippen molar-refractivity contribution in [1.29, 1.82) is 0 Å². The summed E-state index contributed by atoms with van der Waals surface area (Å²) in [6.07, 6.45) is 2.48. The molecule has 1 aromatic heterocycles. The Morgan fingerprint density at radius 3 is 2.72 bits per heavy atom. The second-order valence-electron chi connectivity index (χ2n) is 7.07. The summed E-state index contributed by atoms with van der Waals surface area (Å²) in [6, 6.07) is 6.75. The van der Waals surface area contributed by atoms with Crippen molar-refractivity contribution < 1.29 is 22.4 Å². The Hall–Kier alpha value is -2.30. The van der Waals surface area contributed by atoms with E-state index in [1.807, 2.05) is 0 Å². The molecule has 156 valence electrons. The van der Waals surface area contributed by atoms with Crippen molar-refractivity contribution in [2.24, 2.45) is 0 Å². The van der Waals surface area contributed by atoms with Crippen LogP contribution in [0.5, 0.6) is 0 Å². The topological polar surface area (TPSA) is 95.6 Å². The molecule has 29 heavy (non-hydrogen) atoms. The lowest BCUT2D eigenvalue weighted by molar-refractivity contribution is 0.0707. The molecule has 1 fully saturated rings. The predicted molar refractivity (Wildman–Crippen MR) is 110 cm³/mol. The first-order valence-electron chi connectivity index (χ1n) is 9.06. The van der Waals surface area contributed by atoms with Crippen LogP contribution >= 0.6 is 11.3 Å². The van der Waals surface area contributed by atoms with Crippen LogP contribution in [-0.2, 0) is 10.0 Å². The highest BCUT2D eigenvalue weighted by atomic mass is 32.2. The lowest BCUT2D eigenvalue weighted by atomic mass is 10.1. The summed E-state index contributed by atoms with van der Waals surface area (Å²) in [4.78, 5) is 27.4. The molecule has 0 saturated carbocycles. The number of anilines is 1. The second-order valence-corrected chi connectivity index (χ2v) is 9.90. The summed E-state index contributed by atoms with van der Waals surface area (Å²) in [5.41, 5.74) is 0.905. The van der Waals surface area contributed by atoms with Gasteiger partial charge in [0, 0.05) is 24.7 Å². The predicted octanol–water partition coefficient (Wildman–Crippen LogP) is 2.60. The average Bonchev–Trinajstić information content (AvgIpc) is 3.00. The van der Waals surface area contributed by atoms with E-state index in [-0.39, 0.29) is 17.5 Å². The molecule has 1 aromatic carbocycles. The van der Waals surface area contributed by atoms with Crippen LogP contribution in [0.4, 0.5) is 9.39 Å². The minimum absolute atomic E-state index is 0.189. The minimum Gasteiger partial charge on any atom is -0.336 e. The molecule has 7 nitrogen and oxygen atoms in total. The molecule has 2 heterocycles. The molecule has 0 spiro atoms. The van der Waals surface area contributed by atoms with Crippen LogP contribution in [0.25, 0.3) is 0 Å². The largest absolute Gasteiger partial charge is 0.336 e. The molecule has 2 aromatic rings. The Labute approximate surface area is 173 Å². The summed E-state index contributed by atoms with van der Waals surface area (Å²) in [5, 5.41) is 3.18. The van der Waals surface area contributed by atoms with Gasteiger partial charge >= 0.3 is 0 Å². The maximum atomic E-state index is 13.3. The van der Waals surface area contributed by atoms with Gasteiger partial charge in [-0.15, -0.1) is 11.3 Å². The van der Waals surface area contributed by atoms with Gasteiger partial charge in [-0.25, -0.2) is 17.5 Å². The number of benzene rings is 1. The highest BCUT2D eigenvalue weighted by Crippen LogP contribution is 2.29. The molecule has 0 aliphatic carbocycles. The molecular formula is C19H22FN3O4S2. The number of carbonyl (C=O) groups is 2. The van der Waals surface area contributed by atoms with Crippen LogP contribution in [0.3, 0.4) is 0 Å². The maximum Gasteiger partial charge on any atom is 0.264 e. The number of hydrogen-bond acceptors (Lipinski definition) is 5. The lowest BCUT2D eigenvalue weighted by Crippen LogP contribution is -2.49. The van der Waals surface area contributed by atoms with Crippen molar-refractivity contribution in [3.8, 4) is 0 Å². The van der Waals surface area contributed by atoms with Crippen LogP contribution in [0.1, 0.15) is 38.4 Å². The summed E-state index contributed by atoms with van der Waals surface area (Å²) in [6.45, 7) is 2.62. The summed E-state index contributed by atoms with van der Waals surface area (Å²) >= 11 is 1.15. The quantitative estimate of drug-likeness (QED) is 0.749. The van der Waals surface area contributed by atoms with Gasteiger partial charge in [-0.1, -0.05) is 6.07 Å². The third-order valence-corrected chi connectivity index (χ3v) is 6.43. The number of piperidine rings is 1. The Kier molecular flexibility index (Phi) is 6.35. The van der Waals surface area contributed by atoms with E-state index in [2.05, 4.69) is 10.0 Å². The zero-order valence-corrected chi connectivity index (χ0v) is 17.7. The number of halogens is 1. The Balaban J connectivity index is 1.70. The maximum absolute atomic E-state index is 13.3. The number of rotatable bonds is 5. The van der Waals surface area contributed by atoms with E-state index in [9.17, 15) is 22.4 Å². The van der Waals surface area contributed by atoms with Crippen molar-refractivity contribution in [2.75, 3.05) is 24.7 Å². The minimum atomic E-state index is -3.34. The molecule has 1 aliphatic heterocycles. The number of nitrogens with zero attached hydrogens (tertiary/aromatic N) is 1. The standard InChI is InChI=1S/C19H22FN3O4S2/c1-12-9-16(21-18(24)13-5-3-6-14(20)10-13)28-17(12)19(25)23-8-4-7-15(11-23)22-29(2,26)27/h3,5-6,9-10,15,22H,4,7-8,11H2,1-2H3,(H,21,24)/t15-/m1/s1. The van der Waals surface area contributed by atoms with E-state index in [0.29, 0.717) is 41.4 Å². The third kappa shape index (κ3) is 5.62. The number of likely N-dealkylation sites (tertiary alicyclic amines) is 1. The lowest BCUT2D eigenvalue weighted by Gasteiger charge is -2.32. The summed E-state index contributed by atoms with van der Waals surface area (Å²) in [7, 11) is -3.34.